The standard InChI is InChI=1S/C19H23NO5S/c1-5-17(14-9-10-18(24-3)13(2)11-14)20-26(22,23)16-8-6-7-15(12-16)19(21)25-4/h6-12,17,20H,5H2,1-4H3. The second-order valence-corrected chi connectivity index (χ2v) is 7.54. The minimum absolute atomic E-state index is 0.0177. The highest BCUT2D eigenvalue weighted by molar-refractivity contribution is 7.89. The van der Waals surface area contributed by atoms with E-state index in [1.54, 1.807) is 7.11 Å². The van der Waals surface area contributed by atoms with Crippen molar-refractivity contribution < 1.29 is 22.7 Å². The molecule has 7 heteroatoms. The number of hydrogen-bond acceptors (Lipinski definition) is 5. The van der Waals surface area contributed by atoms with Gasteiger partial charge in [-0.1, -0.05) is 25.1 Å². The van der Waals surface area contributed by atoms with E-state index in [-0.39, 0.29) is 10.5 Å². The molecule has 0 aliphatic carbocycles. The Kier molecular flexibility index (Phi) is 6.39. The number of aryl methyl sites for hydroxylation is 1. The van der Waals surface area contributed by atoms with Gasteiger partial charge in [-0.15, -0.1) is 0 Å². The van der Waals surface area contributed by atoms with Crippen molar-refractivity contribution >= 4 is 16.0 Å². The van der Waals surface area contributed by atoms with Crippen molar-refractivity contribution in [1.29, 1.82) is 0 Å². The van der Waals surface area contributed by atoms with E-state index >= 15 is 0 Å². The third kappa shape index (κ3) is 4.42. The van der Waals surface area contributed by atoms with E-state index in [0.29, 0.717) is 6.42 Å². The van der Waals surface area contributed by atoms with Gasteiger partial charge in [-0.25, -0.2) is 17.9 Å². The molecule has 0 saturated carbocycles. The molecule has 0 aliphatic rings. The van der Waals surface area contributed by atoms with Gasteiger partial charge >= 0.3 is 5.97 Å². The van der Waals surface area contributed by atoms with Gasteiger partial charge in [0, 0.05) is 6.04 Å². The van der Waals surface area contributed by atoms with Crippen LogP contribution in [0.2, 0.25) is 0 Å². The maximum absolute atomic E-state index is 12.8. The Morgan fingerprint density at radius 2 is 1.88 bits per heavy atom. The third-order valence-corrected chi connectivity index (χ3v) is 5.56. The van der Waals surface area contributed by atoms with Crippen LogP contribution >= 0.6 is 0 Å². The predicted octanol–water partition coefficient (Wildman–Crippen LogP) is 3.22. The summed E-state index contributed by atoms with van der Waals surface area (Å²) in [6.07, 6.45) is 0.571. The number of carbonyl (C=O) groups excluding carboxylic acids is 1. The fourth-order valence-corrected chi connectivity index (χ4v) is 4.02. The van der Waals surface area contributed by atoms with Crippen LogP contribution in [0.4, 0.5) is 0 Å². The van der Waals surface area contributed by atoms with Crippen LogP contribution in [-0.2, 0) is 14.8 Å². The fourth-order valence-electron chi connectivity index (χ4n) is 2.67. The van der Waals surface area contributed by atoms with Gasteiger partial charge in [0.05, 0.1) is 24.7 Å². The van der Waals surface area contributed by atoms with Crippen LogP contribution in [0.3, 0.4) is 0 Å². The Bertz CT molecular complexity index is 893. The quantitative estimate of drug-likeness (QED) is 0.749. The summed E-state index contributed by atoms with van der Waals surface area (Å²) >= 11 is 0. The summed E-state index contributed by atoms with van der Waals surface area (Å²) in [5.74, 6) is 0.164. The molecule has 0 spiro atoms. The molecule has 2 aromatic carbocycles. The first-order valence-electron chi connectivity index (χ1n) is 8.17. The average Bonchev–Trinajstić information content (AvgIpc) is 2.65. The zero-order valence-corrected chi connectivity index (χ0v) is 16.1. The van der Waals surface area contributed by atoms with E-state index in [0.717, 1.165) is 16.9 Å². The number of nitrogens with one attached hydrogen (secondary N) is 1. The van der Waals surface area contributed by atoms with E-state index < -0.39 is 22.0 Å². The van der Waals surface area contributed by atoms with Crippen LogP contribution in [0.1, 0.15) is 40.9 Å². The smallest absolute Gasteiger partial charge is 0.337 e. The molecular formula is C19H23NO5S. The summed E-state index contributed by atoms with van der Waals surface area (Å²) in [7, 11) is -0.957. The van der Waals surface area contributed by atoms with E-state index in [1.807, 2.05) is 32.0 Å². The van der Waals surface area contributed by atoms with Crippen LogP contribution < -0.4 is 9.46 Å². The van der Waals surface area contributed by atoms with Crippen molar-refractivity contribution in [1.82, 2.24) is 4.72 Å². The van der Waals surface area contributed by atoms with Crippen LogP contribution in [0, 0.1) is 6.92 Å². The molecule has 6 nitrogen and oxygen atoms in total. The first-order valence-corrected chi connectivity index (χ1v) is 9.66. The number of rotatable bonds is 7. The molecule has 0 amide bonds. The van der Waals surface area contributed by atoms with Crippen molar-refractivity contribution in [2.24, 2.45) is 0 Å². The summed E-state index contributed by atoms with van der Waals surface area (Å²) in [6.45, 7) is 3.81. The second-order valence-electron chi connectivity index (χ2n) is 5.83. The molecule has 0 bridgehead atoms. The average molecular weight is 377 g/mol. The normalized spacial score (nSPS) is 12.5. The highest BCUT2D eigenvalue weighted by Crippen LogP contribution is 2.26. The molecule has 0 aromatic heterocycles. The molecule has 1 atom stereocenters. The lowest BCUT2D eigenvalue weighted by atomic mass is 10.0. The number of methoxy groups -OCH3 is 2. The number of sulfonamides is 1. The van der Waals surface area contributed by atoms with E-state index in [2.05, 4.69) is 9.46 Å². The van der Waals surface area contributed by atoms with Crippen LogP contribution in [0.5, 0.6) is 5.75 Å². The Balaban J connectivity index is 2.32. The number of ether oxygens (including phenoxy) is 2. The zero-order chi connectivity index (χ0) is 19.3. The van der Waals surface area contributed by atoms with Gasteiger partial charge in [0.15, 0.2) is 0 Å². The molecule has 0 saturated heterocycles. The van der Waals surface area contributed by atoms with E-state index in [9.17, 15) is 13.2 Å². The van der Waals surface area contributed by atoms with Crippen LogP contribution in [0.15, 0.2) is 47.4 Å². The van der Waals surface area contributed by atoms with Gasteiger partial charge in [-0.2, -0.15) is 0 Å². The molecule has 0 aliphatic heterocycles. The SMILES string of the molecule is CCC(NS(=O)(=O)c1cccc(C(=O)OC)c1)c1ccc(OC)c(C)c1. The number of esters is 1. The minimum Gasteiger partial charge on any atom is -0.496 e. The topological polar surface area (TPSA) is 81.7 Å². The molecule has 140 valence electrons. The Hall–Kier alpha value is -2.38. The molecule has 1 unspecified atom stereocenters. The molecular weight excluding hydrogens is 354 g/mol. The molecule has 26 heavy (non-hydrogen) atoms. The summed E-state index contributed by atoms with van der Waals surface area (Å²) in [5, 5.41) is 0. The maximum atomic E-state index is 12.8. The molecule has 2 aromatic rings. The van der Waals surface area contributed by atoms with Gasteiger partial charge in [-0.3, -0.25) is 0 Å². The molecule has 0 heterocycles. The Labute approximate surface area is 154 Å². The number of benzene rings is 2. The molecule has 0 radical (unpaired) electrons. The summed E-state index contributed by atoms with van der Waals surface area (Å²) < 4.78 is 38.1. The van der Waals surface area contributed by atoms with Gasteiger partial charge in [0.1, 0.15) is 5.75 Å². The van der Waals surface area contributed by atoms with Gasteiger partial charge in [-0.05, 0) is 48.7 Å². The highest BCUT2D eigenvalue weighted by Gasteiger charge is 2.22. The Morgan fingerprint density at radius 1 is 1.15 bits per heavy atom. The largest absolute Gasteiger partial charge is 0.496 e. The summed E-state index contributed by atoms with van der Waals surface area (Å²) in [6, 6.07) is 10.9. The highest BCUT2D eigenvalue weighted by atomic mass is 32.2. The number of carbonyl (C=O) groups is 1. The minimum atomic E-state index is -3.80. The summed E-state index contributed by atoms with van der Waals surface area (Å²) in [4.78, 5) is 11.7. The lowest BCUT2D eigenvalue weighted by Crippen LogP contribution is -2.28. The van der Waals surface area contributed by atoms with Crippen molar-refractivity contribution in [2.45, 2.75) is 31.2 Å². The molecule has 0 fully saturated rings. The number of hydrogen-bond donors (Lipinski definition) is 1. The Morgan fingerprint density at radius 3 is 2.46 bits per heavy atom. The van der Waals surface area contributed by atoms with Crippen LogP contribution in [-0.4, -0.2) is 28.6 Å². The zero-order valence-electron chi connectivity index (χ0n) is 15.3. The van der Waals surface area contributed by atoms with Crippen molar-refractivity contribution in [2.75, 3.05) is 14.2 Å². The van der Waals surface area contributed by atoms with Gasteiger partial charge in [0.25, 0.3) is 0 Å². The first-order chi connectivity index (χ1) is 12.3. The fraction of sp³-hybridized carbons (Fsp3) is 0.316. The van der Waals surface area contributed by atoms with Gasteiger partial charge < -0.3 is 9.47 Å². The monoisotopic (exact) mass is 377 g/mol. The van der Waals surface area contributed by atoms with Gasteiger partial charge in [0.2, 0.25) is 10.0 Å². The second kappa shape index (κ2) is 8.33. The predicted molar refractivity (Wildman–Crippen MR) is 98.9 cm³/mol. The van der Waals surface area contributed by atoms with Crippen molar-refractivity contribution in [3.8, 4) is 5.75 Å². The van der Waals surface area contributed by atoms with E-state index in [1.165, 1.54) is 31.4 Å². The van der Waals surface area contributed by atoms with E-state index in [4.69, 9.17) is 4.74 Å². The third-order valence-electron chi connectivity index (χ3n) is 4.09. The lowest BCUT2D eigenvalue weighted by molar-refractivity contribution is 0.0600. The maximum Gasteiger partial charge on any atom is 0.337 e. The molecule has 1 N–H and O–H groups in total. The lowest BCUT2D eigenvalue weighted by Gasteiger charge is -2.19. The van der Waals surface area contributed by atoms with Crippen molar-refractivity contribution in [3.63, 3.8) is 0 Å². The van der Waals surface area contributed by atoms with Crippen molar-refractivity contribution in [3.05, 3.63) is 59.2 Å². The first kappa shape index (κ1) is 19.9. The van der Waals surface area contributed by atoms with Crippen LogP contribution in [0.25, 0.3) is 0 Å². The summed E-state index contributed by atoms with van der Waals surface area (Å²) in [5.41, 5.74) is 1.96. The molecule has 2 rings (SSSR count).